The molecule has 0 aromatic carbocycles. The molecule has 0 aromatic heterocycles. The maximum atomic E-state index is 11.3. The Morgan fingerprint density at radius 3 is 2.92 bits per heavy atom. The van der Waals surface area contributed by atoms with E-state index in [4.69, 9.17) is 0 Å². The van der Waals surface area contributed by atoms with Gasteiger partial charge in [0.25, 0.3) is 0 Å². The topological polar surface area (TPSA) is 53.2 Å². The Kier molecular flexibility index (Phi) is 4.18. The average Bonchev–Trinajstić information content (AvgIpc) is 2.51. The van der Waals surface area contributed by atoms with Crippen molar-refractivity contribution in [2.45, 2.75) is 38.8 Å². The second-order valence-electron chi connectivity index (χ2n) is 3.79. The summed E-state index contributed by atoms with van der Waals surface area (Å²) >= 11 is 0. The zero-order valence-corrected chi connectivity index (χ0v) is 8.39. The Hall–Kier alpha value is -0.610. The molecule has 13 heavy (non-hydrogen) atoms. The lowest BCUT2D eigenvalue weighted by atomic mass is 10.1. The van der Waals surface area contributed by atoms with Crippen LogP contribution in [0.2, 0.25) is 0 Å². The molecule has 1 unspecified atom stereocenters. The summed E-state index contributed by atoms with van der Waals surface area (Å²) in [4.78, 5) is 11.3. The molecule has 0 radical (unpaired) electrons. The van der Waals surface area contributed by atoms with Crippen LogP contribution in [-0.4, -0.2) is 31.2 Å². The summed E-state index contributed by atoms with van der Waals surface area (Å²) in [6.07, 6.45) is 1.54. The van der Waals surface area contributed by atoms with E-state index in [1.165, 1.54) is 0 Å². The van der Waals surface area contributed by atoms with Crippen LogP contribution >= 0.6 is 0 Å². The number of rotatable bonds is 4. The molecule has 1 heterocycles. The molecule has 1 aliphatic heterocycles. The van der Waals surface area contributed by atoms with Gasteiger partial charge in [0.1, 0.15) is 0 Å². The zero-order chi connectivity index (χ0) is 9.68. The Bertz CT molecular complexity index is 164. The number of hydrogen-bond donors (Lipinski definition) is 3. The largest absolute Gasteiger partial charge is 0.354 e. The van der Waals surface area contributed by atoms with Crippen LogP contribution in [0.25, 0.3) is 0 Å². The fourth-order valence-electron chi connectivity index (χ4n) is 1.44. The molecule has 1 aliphatic rings. The number of amides is 1. The van der Waals surface area contributed by atoms with Gasteiger partial charge in [-0.25, -0.2) is 0 Å². The maximum absolute atomic E-state index is 11.3. The SMILES string of the molecule is CC(C)NC(=O)CCC1CNCN1. The first kappa shape index (κ1) is 10.5. The molecule has 0 saturated carbocycles. The van der Waals surface area contributed by atoms with Crippen molar-refractivity contribution in [2.24, 2.45) is 0 Å². The predicted octanol–water partition coefficient (Wildman–Crippen LogP) is -0.190. The van der Waals surface area contributed by atoms with E-state index in [-0.39, 0.29) is 11.9 Å². The van der Waals surface area contributed by atoms with E-state index >= 15 is 0 Å². The Labute approximate surface area is 79.5 Å². The van der Waals surface area contributed by atoms with E-state index in [9.17, 15) is 4.79 Å². The zero-order valence-electron chi connectivity index (χ0n) is 8.39. The maximum Gasteiger partial charge on any atom is 0.220 e. The lowest BCUT2D eigenvalue weighted by Crippen LogP contribution is -2.32. The van der Waals surface area contributed by atoms with Crippen molar-refractivity contribution < 1.29 is 4.79 Å². The standard InChI is InChI=1S/C9H19N3O/c1-7(2)12-9(13)4-3-8-5-10-6-11-8/h7-8,10-11H,3-6H2,1-2H3,(H,12,13). The van der Waals surface area contributed by atoms with Crippen LogP contribution in [0.3, 0.4) is 0 Å². The molecule has 4 heteroatoms. The van der Waals surface area contributed by atoms with Gasteiger partial charge in [-0.1, -0.05) is 0 Å². The molecule has 0 aromatic rings. The third kappa shape index (κ3) is 4.24. The number of hydrogen-bond acceptors (Lipinski definition) is 3. The molecule has 1 saturated heterocycles. The second-order valence-corrected chi connectivity index (χ2v) is 3.79. The molecule has 3 N–H and O–H groups in total. The average molecular weight is 185 g/mol. The highest BCUT2D eigenvalue weighted by Gasteiger charge is 2.14. The highest BCUT2D eigenvalue weighted by molar-refractivity contribution is 5.76. The summed E-state index contributed by atoms with van der Waals surface area (Å²) in [5.41, 5.74) is 0. The van der Waals surface area contributed by atoms with Crippen molar-refractivity contribution in [3.8, 4) is 0 Å². The number of carbonyl (C=O) groups excluding carboxylic acids is 1. The molecule has 76 valence electrons. The van der Waals surface area contributed by atoms with E-state index in [0.717, 1.165) is 19.6 Å². The molecule has 1 amide bonds. The van der Waals surface area contributed by atoms with Gasteiger partial charge in [0.2, 0.25) is 5.91 Å². The van der Waals surface area contributed by atoms with Crippen LogP contribution < -0.4 is 16.0 Å². The van der Waals surface area contributed by atoms with E-state index in [1.54, 1.807) is 0 Å². The molecule has 1 rings (SSSR count). The molecule has 0 bridgehead atoms. The summed E-state index contributed by atoms with van der Waals surface area (Å²) in [5.74, 6) is 0.156. The summed E-state index contributed by atoms with van der Waals surface area (Å²) < 4.78 is 0. The van der Waals surface area contributed by atoms with Gasteiger partial charge in [0.05, 0.1) is 0 Å². The minimum Gasteiger partial charge on any atom is -0.354 e. The summed E-state index contributed by atoms with van der Waals surface area (Å²) in [6.45, 7) is 5.81. The van der Waals surface area contributed by atoms with Gasteiger partial charge in [0, 0.05) is 31.7 Å². The Morgan fingerprint density at radius 2 is 2.38 bits per heavy atom. The van der Waals surface area contributed by atoms with Crippen molar-refractivity contribution in [1.82, 2.24) is 16.0 Å². The van der Waals surface area contributed by atoms with Gasteiger partial charge in [-0.05, 0) is 20.3 Å². The normalized spacial score (nSPS) is 22.2. The first-order valence-corrected chi connectivity index (χ1v) is 4.92. The third-order valence-electron chi connectivity index (χ3n) is 2.08. The fourth-order valence-corrected chi connectivity index (χ4v) is 1.44. The third-order valence-corrected chi connectivity index (χ3v) is 2.08. The fraction of sp³-hybridized carbons (Fsp3) is 0.889. The quantitative estimate of drug-likeness (QED) is 0.569. The summed E-state index contributed by atoms with van der Waals surface area (Å²) in [5, 5.41) is 9.35. The summed E-state index contributed by atoms with van der Waals surface area (Å²) in [7, 11) is 0. The second kappa shape index (κ2) is 5.19. The van der Waals surface area contributed by atoms with Crippen LogP contribution in [0.15, 0.2) is 0 Å². The van der Waals surface area contributed by atoms with Gasteiger partial charge in [-0.15, -0.1) is 0 Å². The van der Waals surface area contributed by atoms with Crippen molar-refractivity contribution in [3.05, 3.63) is 0 Å². The van der Waals surface area contributed by atoms with Crippen molar-refractivity contribution in [1.29, 1.82) is 0 Å². The predicted molar refractivity (Wildman–Crippen MR) is 52.3 cm³/mol. The summed E-state index contributed by atoms with van der Waals surface area (Å²) in [6, 6.07) is 0.722. The van der Waals surface area contributed by atoms with Crippen LogP contribution in [0.5, 0.6) is 0 Å². The number of nitrogens with one attached hydrogen (secondary N) is 3. The molecular weight excluding hydrogens is 166 g/mol. The van der Waals surface area contributed by atoms with Crippen molar-refractivity contribution in [2.75, 3.05) is 13.2 Å². The van der Waals surface area contributed by atoms with E-state index in [2.05, 4.69) is 16.0 Å². The molecule has 0 spiro atoms. The lowest BCUT2D eigenvalue weighted by Gasteiger charge is -2.10. The van der Waals surface area contributed by atoms with Gasteiger partial charge >= 0.3 is 0 Å². The first-order valence-electron chi connectivity index (χ1n) is 4.92. The number of carbonyl (C=O) groups is 1. The van der Waals surface area contributed by atoms with E-state index < -0.39 is 0 Å². The van der Waals surface area contributed by atoms with Gasteiger partial charge in [0.15, 0.2) is 0 Å². The van der Waals surface area contributed by atoms with E-state index in [1.807, 2.05) is 13.8 Å². The van der Waals surface area contributed by atoms with Crippen LogP contribution in [0.4, 0.5) is 0 Å². The highest BCUT2D eigenvalue weighted by atomic mass is 16.1. The lowest BCUT2D eigenvalue weighted by molar-refractivity contribution is -0.121. The van der Waals surface area contributed by atoms with Gasteiger partial charge in [-0.2, -0.15) is 0 Å². The Morgan fingerprint density at radius 1 is 1.62 bits per heavy atom. The smallest absolute Gasteiger partial charge is 0.220 e. The molecule has 1 fully saturated rings. The van der Waals surface area contributed by atoms with Gasteiger partial charge in [-0.3, -0.25) is 4.79 Å². The molecule has 1 atom stereocenters. The molecule has 4 nitrogen and oxygen atoms in total. The van der Waals surface area contributed by atoms with E-state index in [0.29, 0.717) is 12.5 Å². The highest BCUT2D eigenvalue weighted by Crippen LogP contribution is 1.99. The van der Waals surface area contributed by atoms with Crippen LogP contribution in [-0.2, 0) is 4.79 Å². The minimum absolute atomic E-state index is 0.156. The van der Waals surface area contributed by atoms with Crippen LogP contribution in [0, 0.1) is 0 Å². The van der Waals surface area contributed by atoms with Gasteiger partial charge < -0.3 is 16.0 Å². The minimum atomic E-state index is 0.156. The monoisotopic (exact) mass is 185 g/mol. The van der Waals surface area contributed by atoms with Crippen molar-refractivity contribution >= 4 is 5.91 Å². The van der Waals surface area contributed by atoms with Crippen molar-refractivity contribution in [3.63, 3.8) is 0 Å². The first-order chi connectivity index (χ1) is 6.18. The molecular formula is C9H19N3O. The molecule has 0 aliphatic carbocycles. The Balaban J connectivity index is 2.07. The van der Waals surface area contributed by atoms with Crippen LogP contribution in [0.1, 0.15) is 26.7 Å².